The monoisotopic (exact) mass is 347 g/mol. The molecule has 1 atom stereocenters. The average molecular weight is 348 g/mol. The summed E-state index contributed by atoms with van der Waals surface area (Å²) in [5.41, 5.74) is 2.30. The Labute approximate surface area is 145 Å². The molecule has 2 aromatic rings. The normalized spacial score (nSPS) is 15.8. The Bertz CT molecular complexity index is 678. The van der Waals surface area contributed by atoms with Crippen LogP contribution >= 0.6 is 23.4 Å². The maximum atomic E-state index is 12.2. The molecule has 0 bridgehead atoms. The van der Waals surface area contributed by atoms with E-state index in [9.17, 15) is 4.79 Å². The van der Waals surface area contributed by atoms with Gasteiger partial charge in [0.15, 0.2) is 6.10 Å². The molecule has 0 fully saturated rings. The molecule has 1 amide bonds. The van der Waals surface area contributed by atoms with Gasteiger partial charge in [0.25, 0.3) is 5.91 Å². The first-order valence-electron chi connectivity index (χ1n) is 7.57. The molecule has 23 heavy (non-hydrogen) atoms. The van der Waals surface area contributed by atoms with Crippen LogP contribution in [0.2, 0.25) is 5.02 Å². The van der Waals surface area contributed by atoms with Crippen molar-refractivity contribution in [1.82, 2.24) is 5.32 Å². The van der Waals surface area contributed by atoms with Gasteiger partial charge in [-0.25, -0.2) is 0 Å². The molecule has 0 spiro atoms. The molecule has 3 rings (SSSR count). The Kier molecular flexibility index (Phi) is 5.47. The third-order valence-electron chi connectivity index (χ3n) is 3.65. The van der Waals surface area contributed by atoms with Crippen LogP contribution in [0.25, 0.3) is 0 Å². The lowest BCUT2D eigenvalue weighted by Crippen LogP contribution is -2.38. The van der Waals surface area contributed by atoms with Crippen molar-refractivity contribution in [3.05, 3.63) is 64.7 Å². The molecule has 1 N–H and O–H groups in total. The fourth-order valence-electron chi connectivity index (χ4n) is 2.49. The number of hydrogen-bond donors (Lipinski definition) is 1. The summed E-state index contributed by atoms with van der Waals surface area (Å²) < 4.78 is 5.67. The minimum atomic E-state index is -0.442. The summed E-state index contributed by atoms with van der Waals surface area (Å²) in [6.07, 6.45) is 0.140. The highest BCUT2D eigenvalue weighted by molar-refractivity contribution is 7.98. The molecule has 0 aliphatic carbocycles. The van der Waals surface area contributed by atoms with Gasteiger partial charge in [0, 0.05) is 29.5 Å². The van der Waals surface area contributed by atoms with Crippen molar-refractivity contribution < 1.29 is 9.53 Å². The van der Waals surface area contributed by atoms with Crippen LogP contribution in [-0.2, 0) is 17.0 Å². The van der Waals surface area contributed by atoms with Gasteiger partial charge in [-0.3, -0.25) is 4.79 Å². The van der Waals surface area contributed by atoms with Gasteiger partial charge >= 0.3 is 0 Å². The van der Waals surface area contributed by atoms with E-state index in [1.54, 1.807) is 6.07 Å². The second kappa shape index (κ2) is 7.75. The molecule has 1 unspecified atom stereocenters. The summed E-state index contributed by atoms with van der Waals surface area (Å²) in [7, 11) is 0. The molecule has 0 radical (unpaired) electrons. The minimum absolute atomic E-state index is 0.0577. The maximum Gasteiger partial charge on any atom is 0.261 e. The first-order chi connectivity index (χ1) is 11.2. The van der Waals surface area contributed by atoms with Crippen molar-refractivity contribution in [2.75, 3.05) is 12.3 Å². The van der Waals surface area contributed by atoms with Crippen molar-refractivity contribution in [3.63, 3.8) is 0 Å². The number of halogens is 1. The lowest BCUT2D eigenvalue weighted by molar-refractivity contribution is -0.127. The maximum absolute atomic E-state index is 12.2. The molecule has 0 aromatic heterocycles. The minimum Gasteiger partial charge on any atom is -0.480 e. The zero-order chi connectivity index (χ0) is 16.1. The van der Waals surface area contributed by atoms with Gasteiger partial charge in [0.2, 0.25) is 0 Å². The zero-order valence-corrected chi connectivity index (χ0v) is 14.2. The van der Waals surface area contributed by atoms with Gasteiger partial charge in [-0.05, 0) is 29.3 Å². The summed E-state index contributed by atoms with van der Waals surface area (Å²) in [4.78, 5) is 12.2. The fourth-order valence-corrected chi connectivity index (χ4v) is 3.50. The quantitative estimate of drug-likeness (QED) is 0.810. The van der Waals surface area contributed by atoms with Crippen LogP contribution in [0.3, 0.4) is 0 Å². The molecule has 3 nitrogen and oxygen atoms in total. The molecular formula is C18H18ClNO2S. The van der Waals surface area contributed by atoms with E-state index in [1.165, 1.54) is 5.56 Å². The van der Waals surface area contributed by atoms with E-state index >= 15 is 0 Å². The molecule has 0 saturated heterocycles. The van der Waals surface area contributed by atoms with Crippen molar-refractivity contribution in [2.24, 2.45) is 0 Å². The number of rotatable bonds is 6. The summed E-state index contributed by atoms with van der Waals surface area (Å²) >= 11 is 7.77. The topological polar surface area (TPSA) is 38.3 Å². The molecular weight excluding hydrogens is 330 g/mol. The molecule has 1 aliphatic heterocycles. The molecule has 0 saturated carbocycles. The smallest absolute Gasteiger partial charge is 0.261 e. The number of carbonyl (C=O) groups excluding carboxylic acids is 1. The summed E-state index contributed by atoms with van der Waals surface area (Å²) in [5, 5.41) is 3.61. The van der Waals surface area contributed by atoms with Gasteiger partial charge in [0.05, 0.1) is 0 Å². The predicted octanol–water partition coefficient (Wildman–Crippen LogP) is 3.69. The van der Waals surface area contributed by atoms with Gasteiger partial charge < -0.3 is 10.1 Å². The van der Waals surface area contributed by atoms with Crippen LogP contribution in [0.5, 0.6) is 5.75 Å². The first kappa shape index (κ1) is 16.2. The van der Waals surface area contributed by atoms with Crippen LogP contribution in [-0.4, -0.2) is 24.3 Å². The van der Waals surface area contributed by atoms with E-state index in [0.717, 1.165) is 22.8 Å². The Morgan fingerprint density at radius 2 is 2.09 bits per heavy atom. The predicted molar refractivity (Wildman–Crippen MR) is 95.2 cm³/mol. The fraction of sp³-hybridized carbons (Fsp3) is 0.278. The van der Waals surface area contributed by atoms with Gasteiger partial charge in [-0.2, -0.15) is 11.8 Å². The Morgan fingerprint density at radius 1 is 1.26 bits per heavy atom. The SMILES string of the molecule is O=C(NCCSCc1ccccc1)C1Cc2cc(Cl)ccc2O1. The Hall–Kier alpha value is -1.65. The van der Waals surface area contributed by atoms with Gasteiger partial charge in [0.1, 0.15) is 5.75 Å². The summed E-state index contributed by atoms with van der Waals surface area (Å²) in [5.74, 6) is 2.54. The molecule has 1 aliphatic rings. The van der Waals surface area contributed by atoms with Crippen LogP contribution < -0.4 is 10.1 Å². The van der Waals surface area contributed by atoms with Crippen molar-refractivity contribution >= 4 is 29.3 Å². The van der Waals surface area contributed by atoms with Crippen LogP contribution in [0.4, 0.5) is 0 Å². The van der Waals surface area contributed by atoms with Crippen molar-refractivity contribution in [1.29, 1.82) is 0 Å². The van der Waals surface area contributed by atoms with Gasteiger partial charge in [-0.1, -0.05) is 41.9 Å². The highest BCUT2D eigenvalue weighted by Gasteiger charge is 2.28. The largest absolute Gasteiger partial charge is 0.480 e. The van der Waals surface area contributed by atoms with E-state index in [2.05, 4.69) is 17.4 Å². The van der Waals surface area contributed by atoms with E-state index < -0.39 is 6.10 Å². The van der Waals surface area contributed by atoms with Crippen molar-refractivity contribution in [2.45, 2.75) is 18.3 Å². The van der Waals surface area contributed by atoms with Crippen LogP contribution in [0.1, 0.15) is 11.1 Å². The van der Waals surface area contributed by atoms with Crippen molar-refractivity contribution in [3.8, 4) is 5.75 Å². The first-order valence-corrected chi connectivity index (χ1v) is 9.10. The highest BCUT2D eigenvalue weighted by atomic mass is 35.5. The number of thioether (sulfide) groups is 1. The number of fused-ring (bicyclic) bond motifs is 1. The zero-order valence-electron chi connectivity index (χ0n) is 12.6. The lowest BCUT2D eigenvalue weighted by Gasteiger charge is -2.11. The molecule has 2 aromatic carbocycles. The van der Waals surface area contributed by atoms with E-state index in [0.29, 0.717) is 18.0 Å². The third-order valence-corrected chi connectivity index (χ3v) is 4.91. The van der Waals surface area contributed by atoms with E-state index in [4.69, 9.17) is 16.3 Å². The molecule has 1 heterocycles. The summed E-state index contributed by atoms with van der Waals surface area (Å²) in [6, 6.07) is 15.8. The lowest BCUT2D eigenvalue weighted by atomic mass is 10.1. The molecule has 5 heteroatoms. The number of ether oxygens (including phenoxy) is 1. The van der Waals surface area contributed by atoms with E-state index in [1.807, 2.05) is 42.1 Å². The standard InChI is InChI=1S/C18H18ClNO2S/c19-15-6-7-16-14(10-15)11-17(22-16)18(21)20-8-9-23-12-13-4-2-1-3-5-13/h1-7,10,17H,8-9,11-12H2,(H,20,21). The van der Waals surface area contributed by atoms with E-state index in [-0.39, 0.29) is 5.91 Å². The summed E-state index contributed by atoms with van der Waals surface area (Å²) in [6.45, 7) is 0.646. The van der Waals surface area contributed by atoms with Crippen LogP contribution in [0, 0.1) is 0 Å². The number of benzene rings is 2. The molecule has 120 valence electrons. The van der Waals surface area contributed by atoms with Crippen LogP contribution in [0.15, 0.2) is 48.5 Å². The number of amides is 1. The van der Waals surface area contributed by atoms with Gasteiger partial charge in [-0.15, -0.1) is 0 Å². The highest BCUT2D eigenvalue weighted by Crippen LogP contribution is 2.31. The Morgan fingerprint density at radius 3 is 2.91 bits per heavy atom. The average Bonchev–Trinajstić information content (AvgIpc) is 2.98. The second-order valence-electron chi connectivity index (χ2n) is 5.39. The Balaban J connectivity index is 1.38. The number of nitrogens with one attached hydrogen (secondary N) is 1. The third kappa shape index (κ3) is 4.43. The number of hydrogen-bond acceptors (Lipinski definition) is 3. The second-order valence-corrected chi connectivity index (χ2v) is 6.93. The number of carbonyl (C=O) groups is 1.